The molecule has 0 saturated heterocycles. The minimum Gasteiger partial charge on any atom is -0.332 e. The van der Waals surface area contributed by atoms with Gasteiger partial charge in [-0.25, -0.2) is 0 Å². The van der Waals surface area contributed by atoms with Crippen molar-refractivity contribution in [3.8, 4) is 6.07 Å². The number of nitrogens with zero attached hydrogens (tertiary/aromatic N) is 2. The van der Waals surface area contributed by atoms with Crippen LogP contribution in [0.4, 0.5) is 5.69 Å². The Balaban J connectivity index is 1.95. The number of nitrogens with one attached hydrogen (secondary N) is 1. The molecule has 0 radical (unpaired) electrons. The van der Waals surface area contributed by atoms with Gasteiger partial charge in [-0.1, -0.05) is 11.6 Å². The fraction of sp³-hybridized carbons (Fsp3) is 0.118. The van der Waals surface area contributed by atoms with Crippen LogP contribution in [0.5, 0.6) is 0 Å². The van der Waals surface area contributed by atoms with Crippen molar-refractivity contribution >= 4 is 29.1 Å². The number of amides is 2. The van der Waals surface area contributed by atoms with E-state index in [0.29, 0.717) is 21.8 Å². The van der Waals surface area contributed by atoms with Crippen molar-refractivity contribution < 1.29 is 9.59 Å². The Morgan fingerprint density at radius 1 is 1.13 bits per heavy atom. The summed E-state index contributed by atoms with van der Waals surface area (Å²) in [5, 5.41) is 12.0. The van der Waals surface area contributed by atoms with E-state index in [4.69, 9.17) is 16.9 Å². The van der Waals surface area contributed by atoms with E-state index in [2.05, 4.69) is 5.32 Å². The van der Waals surface area contributed by atoms with Crippen LogP contribution in [0, 0.1) is 11.3 Å². The molecule has 1 N–H and O–H groups in total. The average molecular weight is 328 g/mol. The van der Waals surface area contributed by atoms with Gasteiger partial charge in [0, 0.05) is 23.3 Å². The SMILES string of the molecule is CN(CC(=O)Nc1ccc(Cl)cc1)C(=O)c1ccc(C#N)cc1. The summed E-state index contributed by atoms with van der Waals surface area (Å²) in [5.41, 5.74) is 1.51. The van der Waals surface area contributed by atoms with Gasteiger partial charge < -0.3 is 10.2 Å². The van der Waals surface area contributed by atoms with E-state index in [-0.39, 0.29) is 18.4 Å². The molecule has 0 aromatic heterocycles. The number of carbonyl (C=O) groups is 2. The maximum atomic E-state index is 12.2. The molecule has 0 bridgehead atoms. The molecule has 2 rings (SSSR count). The molecule has 116 valence electrons. The van der Waals surface area contributed by atoms with Gasteiger partial charge >= 0.3 is 0 Å². The number of rotatable bonds is 4. The van der Waals surface area contributed by atoms with E-state index in [1.807, 2.05) is 6.07 Å². The Labute approximate surface area is 139 Å². The Morgan fingerprint density at radius 3 is 2.30 bits per heavy atom. The number of halogens is 1. The number of carbonyl (C=O) groups excluding carboxylic acids is 2. The molecule has 2 aromatic rings. The first-order valence-electron chi connectivity index (χ1n) is 6.80. The molecule has 0 fully saturated rings. The first kappa shape index (κ1) is 16.5. The molecule has 23 heavy (non-hydrogen) atoms. The lowest BCUT2D eigenvalue weighted by molar-refractivity contribution is -0.116. The van der Waals surface area contributed by atoms with Crippen molar-refractivity contribution in [1.29, 1.82) is 5.26 Å². The predicted molar refractivity (Wildman–Crippen MR) is 88.2 cm³/mol. The smallest absolute Gasteiger partial charge is 0.254 e. The van der Waals surface area contributed by atoms with E-state index in [1.165, 1.54) is 4.90 Å². The van der Waals surface area contributed by atoms with Gasteiger partial charge in [-0.05, 0) is 48.5 Å². The Bertz CT molecular complexity index is 749. The fourth-order valence-electron chi connectivity index (χ4n) is 1.93. The molecule has 2 aromatic carbocycles. The van der Waals surface area contributed by atoms with E-state index < -0.39 is 0 Å². The van der Waals surface area contributed by atoms with Crippen LogP contribution in [-0.2, 0) is 4.79 Å². The molecule has 0 heterocycles. The lowest BCUT2D eigenvalue weighted by Crippen LogP contribution is -2.34. The van der Waals surface area contributed by atoms with Crippen molar-refractivity contribution in [3.05, 3.63) is 64.7 Å². The highest BCUT2D eigenvalue weighted by Crippen LogP contribution is 2.13. The molecule has 0 aliphatic heterocycles. The number of likely N-dealkylation sites (N-methyl/N-ethyl adjacent to an activating group) is 1. The number of hydrogen-bond acceptors (Lipinski definition) is 3. The van der Waals surface area contributed by atoms with Gasteiger partial charge in [-0.3, -0.25) is 9.59 Å². The standard InChI is InChI=1S/C17H14ClN3O2/c1-21(17(23)13-4-2-12(10-19)3-5-13)11-16(22)20-15-8-6-14(18)7-9-15/h2-9H,11H2,1H3,(H,20,22). The maximum Gasteiger partial charge on any atom is 0.254 e. The second kappa shape index (κ2) is 7.43. The van der Waals surface area contributed by atoms with Gasteiger partial charge in [-0.2, -0.15) is 5.26 Å². The molecule has 5 nitrogen and oxygen atoms in total. The Kier molecular flexibility index (Phi) is 5.34. The van der Waals surface area contributed by atoms with Crippen LogP contribution in [0.25, 0.3) is 0 Å². The predicted octanol–water partition coefficient (Wildman–Crippen LogP) is 2.92. The summed E-state index contributed by atoms with van der Waals surface area (Å²) < 4.78 is 0. The van der Waals surface area contributed by atoms with E-state index in [9.17, 15) is 9.59 Å². The third-order valence-electron chi connectivity index (χ3n) is 3.12. The van der Waals surface area contributed by atoms with E-state index >= 15 is 0 Å². The zero-order chi connectivity index (χ0) is 16.8. The second-order valence-corrected chi connectivity index (χ2v) is 5.34. The molecular weight excluding hydrogens is 314 g/mol. The highest BCUT2D eigenvalue weighted by atomic mass is 35.5. The summed E-state index contributed by atoms with van der Waals surface area (Å²) in [6.07, 6.45) is 0. The van der Waals surface area contributed by atoms with Crippen molar-refractivity contribution in [2.75, 3.05) is 18.9 Å². The second-order valence-electron chi connectivity index (χ2n) is 4.91. The average Bonchev–Trinajstić information content (AvgIpc) is 2.56. The molecule has 0 aliphatic carbocycles. The third-order valence-corrected chi connectivity index (χ3v) is 3.37. The van der Waals surface area contributed by atoms with Crippen LogP contribution >= 0.6 is 11.6 Å². The Morgan fingerprint density at radius 2 is 1.74 bits per heavy atom. The van der Waals surface area contributed by atoms with Crippen molar-refractivity contribution in [3.63, 3.8) is 0 Å². The van der Waals surface area contributed by atoms with Gasteiger partial charge in [0.1, 0.15) is 0 Å². The van der Waals surface area contributed by atoms with E-state index in [1.54, 1.807) is 55.6 Å². The monoisotopic (exact) mass is 327 g/mol. The van der Waals surface area contributed by atoms with Crippen molar-refractivity contribution in [2.45, 2.75) is 0 Å². The number of nitriles is 1. The van der Waals surface area contributed by atoms with Crippen LogP contribution in [0.3, 0.4) is 0 Å². The number of anilines is 1. The van der Waals surface area contributed by atoms with Crippen molar-refractivity contribution in [1.82, 2.24) is 4.90 Å². The number of benzene rings is 2. The molecule has 0 saturated carbocycles. The summed E-state index contributed by atoms with van der Waals surface area (Å²) in [5.74, 6) is -0.599. The molecular formula is C17H14ClN3O2. The summed E-state index contributed by atoms with van der Waals surface area (Å²) in [6, 6.07) is 14.9. The first-order chi connectivity index (χ1) is 11.0. The Hall–Kier alpha value is -2.84. The maximum absolute atomic E-state index is 12.2. The number of hydrogen-bond donors (Lipinski definition) is 1. The normalized spacial score (nSPS) is 9.78. The molecule has 0 atom stereocenters. The third kappa shape index (κ3) is 4.56. The molecule has 2 amide bonds. The molecule has 0 aliphatic rings. The molecule has 6 heteroatoms. The van der Waals surface area contributed by atoms with Gasteiger partial charge in [-0.15, -0.1) is 0 Å². The lowest BCUT2D eigenvalue weighted by atomic mass is 10.1. The van der Waals surface area contributed by atoms with Crippen LogP contribution in [0.2, 0.25) is 5.02 Å². The van der Waals surface area contributed by atoms with Crippen LogP contribution in [-0.4, -0.2) is 30.3 Å². The largest absolute Gasteiger partial charge is 0.332 e. The van der Waals surface area contributed by atoms with Gasteiger partial charge in [0.25, 0.3) is 5.91 Å². The minimum absolute atomic E-state index is 0.0819. The minimum atomic E-state index is -0.309. The highest BCUT2D eigenvalue weighted by Gasteiger charge is 2.15. The van der Waals surface area contributed by atoms with Crippen LogP contribution in [0.1, 0.15) is 15.9 Å². The van der Waals surface area contributed by atoms with Gasteiger partial charge in [0.2, 0.25) is 5.91 Å². The summed E-state index contributed by atoms with van der Waals surface area (Å²) in [4.78, 5) is 25.5. The highest BCUT2D eigenvalue weighted by molar-refractivity contribution is 6.30. The van der Waals surface area contributed by atoms with Gasteiger partial charge in [0.05, 0.1) is 18.2 Å². The molecule has 0 unspecified atom stereocenters. The van der Waals surface area contributed by atoms with Crippen LogP contribution in [0.15, 0.2) is 48.5 Å². The quantitative estimate of drug-likeness (QED) is 0.938. The summed E-state index contributed by atoms with van der Waals surface area (Å²) in [7, 11) is 1.54. The fourth-order valence-corrected chi connectivity index (χ4v) is 2.05. The topological polar surface area (TPSA) is 73.2 Å². The summed E-state index contributed by atoms with van der Waals surface area (Å²) in [6.45, 7) is -0.0819. The molecule has 0 spiro atoms. The van der Waals surface area contributed by atoms with Gasteiger partial charge in [0.15, 0.2) is 0 Å². The van der Waals surface area contributed by atoms with Crippen molar-refractivity contribution in [2.24, 2.45) is 0 Å². The summed E-state index contributed by atoms with van der Waals surface area (Å²) >= 11 is 5.78. The first-order valence-corrected chi connectivity index (χ1v) is 7.18. The van der Waals surface area contributed by atoms with E-state index in [0.717, 1.165) is 0 Å². The zero-order valence-corrected chi connectivity index (χ0v) is 13.2. The lowest BCUT2D eigenvalue weighted by Gasteiger charge is -2.17. The zero-order valence-electron chi connectivity index (χ0n) is 12.4. The van der Waals surface area contributed by atoms with Crippen LogP contribution < -0.4 is 5.32 Å².